The van der Waals surface area contributed by atoms with Gasteiger partial charge in [0.1, 0.15) is 0 Å². The van der Waals surface area contributed by atoms with Crippen molar-refractivity contribution in [3.05, 3.63) is 17.7 Å². The molecule has 2 fully saturated rings. The Labute approximate surface area is 186 Å². The highest BCUT2D eigenvalue weighted by atomic mass is 16.7. The van der Waals surface area contributed by atoms with Gasteiger partial charge in [-0.3, -0.25) is 14.6 Å². The van der Waals surface area contributed by atoms with Gasteiger partial charge < -0.3 is 19.5 Å². The number of nitrogens with zero attached hydrogens (tertiary/aromatic N) is 2. The first kappa shape index (κ1) is 22.2. The van der Waals surface area contributed by atoms with Crippen LogP contribution in [0.5, 0.6) is 17.2 Å². The Kier molecular flexibility index (Phi) is 7.56. The zero-order valence-corrected chi connectivity index (χ0v) is 19.0. The van der Waals surface area contributed by atoms with Crippen LogP contribution in [0.15, 0.2) is 12.1 Å². The molecule has 0 radical (unpaired) electrons. The monoisotopic (exact) mass is 431 g/mol. The maximum absolute atomic E-state index is 12.3. The largest absolute Gasteiger partial charge is 0.493 e. The van der Waals surface area contributed by atoms with Crippen LogP contribution in [0.25, 0.3) is 0 Å². The molecule has 2 saturated heterocycles. The van der Waals surface area contributed by atoms with Crippen molar-refractivity contribution < 1.29 is 19.0 Å². The van der Waals surface area contributed by atoms with E-state index in [2.05, 4.69) is 28.1 Å². The summed E-state index contributed by atoms with van der Waals surface area (Å²) < 4.78 is 16.5. The third-order valence-electron chi connectivity index (χ3n) is 7.05. The third kappa shape index (κ3) is 5.63. The number of benzene rings is 1. The number of likely N-dealkylation sites (N-methyl/N-ethyl adjacent to an activating group) is 1. The number of hydrogen-bond acceptors (Lipinski definition) is 6. The average Bonchev–Trinajstić information content (AvgIpc) is 3.45. The lowest BCUT2D eigenvalue weighted by atomic mass is 9.92. The van der Waals surface area contributed by atoms with Gasteiger partial charge in [-0.05, 0) is 81.9 Å². The molecule has 0 saturated carbocycles. The van der Waals surface area contributed by atoms with E-state index in [1.165, 1.54) is 24.9 Å². The summed E-state index contributed by atoms with van der Waals surface area (Å²) in [6.45, 7) is 8.54. The summed E-state index contributed by atoms with van der Waals surface area (Å²) in [6.07, 6.45) is 6.43. The molecule has 31 heavy (non-hydrogen) atoms. The Morgan fingerprint density at radius 2 is 2.03 bits per heavy atom. The molecule has 0 bridgehead atoms. The quantitative estimate of drug-likeness (QED) is 0.649. The Balaban J connectivity index is 1.16. The molecule has 3 aliphatic rings. The minimum absolute atomic E-state index is 0.220. The number of fused-ring (bicyclic) bond motifs is 1. The molecule has 4 rings (SSSR count). The van der Waals surface area contributed by atoms with Gasteiger partial charge in [0, 0.05) is 25.6 Å². The Morgan fingerprint density at radius 1 is 1.19 bits per heavy atom. The van der Waals surface area contributed by atoms with Crippen molar-refractivity contribution in [2.45, 2.75) is 58.0 Å². The second kappa shape index (κ2) is 10.6. The van der Waals surface area contributed by atoms with Crippen molar-refractivity contribution >= 4 is 5.91 Å². The average molecular weight is 432 g/mol. The number of hydrogen-bond donors (Lipinski definition) is 1. The summed E-state index contributed by atoms with van der Waals surface area (Å²) in [6, 6.07) is 4.64. The van der Waals surface area contributed by atoms with Crippen molar-refractivity contribution in [1.29, 1.82) is 0 Å². The minimum atomic E-state index is 0.220. The molecule has 1 unspecified atom stereocenters. The molecule has 0 spiro atoms. The number of carbonyl (C=O) groups excluding carboxylic acids is 1. The molecule has 1 amide bonds. The first-order valence-electron chi connectivity index (χ1n) is 11.9. The van der Waals surface area contributed by atoms with Gasteiger partial charge in [-0.1, -0.05) is 6.92 Å². The number of rotatable bonds is 9. The van der Waals surface area contributed by atoms with Crippen LogP contribution in [0.2, 0.25) is 0 Å². The van der Waals surface area contributed by atoms with Crippen LogP contribution in [-0.2, 0) is 11.3 Å². The molecule has 1 aromatic rings. The van der Waals surface area contributed by atoms with Gasteiger partial charge >= 0.3 is 0 Å². The fraction of sp³-hybridized carbons (Fsp3) is 0.708. The van der Waals surface area contributed by atoms with E-state index in [0.29, 0.717) is 24.1 Å². The lowest BCUT2D eigenvalue weighted by Gasteiger charge is -2.32. The predicted molar refractivity (Wildman–Crippen MR) is 120 cm³/mol. The zero-order chi connectivity index (χ0) is 21.6. The number of methoxy groups -OCH3 is 1. The van der Waals surface area contributed by atoms with Crippen LogP contribution in [0.1, 0.15) is 51.0 Å². The molecule has 3 heterocycles. The van der Waals surface area contributed by atoms with Gasteiger partial charge in [-0.15, -0.1) is 0 Å². The summed E-state index contributed by atoms with van der Waals surface area (Å²) in [4.78, 5) is 17.3. The molecule has 172 valence electrons. The maximum Gasteiger partial charge on any atom is 0.231 e. The summed E-state index contributed by atoms with van der Waals surface area (Å²) in [5, 5.41) is 3.18. The number of amides is 1. The van der Waals surface area contributed by atoms with E-state index in [4.69, 9.17) is 14.2 Å². The maximum atomic E-state index is 12.3. The Hall–Kier alpha value is -1.99. The summed E-state index contributed by atoms with van der Waals surface area (Å²) in [7, 11) is 1.66. The van der Waals surface area contributed by atoms with Crippen molar-refractivity contribution in [2.75, 3.05) is 46.6 Å². The van der Waals surface area contributed by atoms with E-state index in [9.17, 15) is 4.79 Å². The molecule has 0 aliphatic carbocycles. The summed E-state index contributed by atoms with van der Waals surface area (Å²) >= 11 is 0. The van der Waals surface area contributed by atoms with Gasteiger partial charge in [0.15, 0.2) is 11.5 Å². The highest BCUT2D eigenvalue weighted by molar-refractivity contribution is 5.75. The molecular formula is C24H37N3O4. The third-order valence-corrected chi connectivity index (χ3v) is 7.05. The molecule has 7 heteroatoms. The SMILES string of the molecule is CCN1CCCC1CNC(=O)CCC1CCN(Cc2cc(OC)c3c(c2)OCO3)CC1. The topological polar surface area (TPSA) is 63.3 Å². The van der Waals surface area contributed by atoms with E-state index in [-0.39, 0.29) is 12.7 Å². The van der Waals surface area contributed by atoms with Gasteiger partial charge in [0.25, 0.3) is 0 Å². The van der Waals surface area contributed by atoms with E-state index >= 15 is 0 Å². The molecule has 3 aliphatic heterocycles. The number of nitrogens with one attached hydrogen (secondary N) is 1. The molecular weight excluding hydrogens is 394 g/mol. The van der Waals surface area contributed by atoms with Crippen LogP contribution in [0, 0.1) is 5.92 Å². The standard InChI is InChI=1S/C24H37N3O4/c1-3-27-10-4-5-20(27)15-25-23(28)7-6-18-8-11-26(12-9-18)16-19-13-21(29-2)24-22(14-19)30-17-31-24/h13-14,18,20H,3-12,15-17H2,1-2H3,(H,25,28). The fourth-order valence-corrected chi connectivity index (χ4v) is 5.16. The molecule has 1 aromatic carbocycles. The van der Waals surface area contributed by atoms with E-state index in [1.54, 1.807) is 7.11 Å². The van der Waals surface area contributed by atoms with Gasteiger partial charge in [-0.25, -0.2) is 0 Å². The molecule has 1 N–H and O–H groups in total. The Morgan fingerprint density at radius 3 is 2.81 bits per heavy atom. The summed E-state index contributed by atoms with van der Waals surface area (Å²) in [5.74, 6) is 3.09. The highest BCUT2D eigenvalue weighted by Crippen LogP contribution is 2.42. The Bertz CT molecular complexity index is 749. The number of piperidine rings is 1. The molecule has 0 aromatic heterocycles. The van der Waals surface area contributed by atoms with E-state index < -0.39 is 0 Å². The van der Waals surface area contributed by atoms with Gasteiger partial charge in [0.2, 0.25) is 18.4 Å². The predicted octanol–water partition coefficient (Wildman–Crippen LogP) is 3.02. The highest BCUT2D eigenvalue weighted by Gasteiger charge is 2.25. The van der Waals surface area contributed by atoms with Crippen molar-refractivity contribution in [2.24, 2.45) is 5.92 Å². The van der Waals surface area contributed by atoms with Crippen LogP contribution in [0.4, 0.5) is 0 Å². The summed E-state index contributed by atoms with van der Waals surface area (Å²) in [5.41, 5.74) is 1.19. The van der Waals surface area contributed by atoms with Crippen LogP contribution in [0.3, 0.4) is 0 Å². The zero-order valence-electron chi connectivity index (χ0n) is 19.0. The number of likely N-dealkylation sites (tertiary alicyclic amines) is 2. The van der Waals surface area contributed by atoms with Crippen LogP contribution in [-0.4, -0.2) is 68.4 Å². The number of carbonyl (C=O) groups is 1. The lowest BCUT2D eigenvalue weighted by molar-refractivity contribution is -0.121. The van der Waals surface area contributed by atoms with E-state index in [0.717, 1.165) is 63.5 Å². The van der Waals surface area contributed by atoms with Crippen molar-refractivity contribution in [3.8, 4) is 17.2 Å². The normalized spacial score (nSPS) is 22.1. The van der Waals surface area contributed by atoms with Crippen molar-refractivity contribution in [3.63, 3.8) is 0 Å². The van der Waals surface area contributed by atoms with E-state index in [1.807, 2.05) is 6.07 Å². The molecule has 7 nitrogen and oxygen atoms in total. The van der Waals surface area contributed by atoms with Gasteiger partial charge in [-0.2, -0.15) is 0 Å². The smallest absolute Gasteiger partial charge is 0.231 e. The second-order valence-corrected chi connectivity index (χ2v) is 9.02. The first-order chi connectivity index (χ1) is 15.2. The second-order valence-electron chi connectivity index (χ2n) is 9.02. The first-order valence-corrected chi connectivity index (χ1v) is 11.9. The van der Waals surface area contributed by atoms with Gasteiger partial charge in [0.05, 0.1) is 7.11 Å². The number of ether oxygens (including phenoxy) is 3. The lowest BCUT2D eigenvalue weighted by Crippen LogP contribution is -2.40. The van der Waals surface area contributed by atoms with Crippen LogP contribution >= 0.6 is 0 Å². The minimum Gasteiger partial charge on any atom is -0.493 e. The van der Waals surface area contributed by atoms with Crippen LogP contribution < -0.4 is 19.5 Å². The fourth-order valence-electron chi connectivity index (χ4n) is 5.16. The van der Waals surface area contributed by atoms with Crippen molar-refractivity contribution in [1.82, 2.24) is 15.1 Å². The molecule has 1 atom stereocenters.